The standard InChI is InChI=1S/C45H35N2S.C20H28GeN.Ir/c1-27(2)37-25-32(29-12-6-5-7-13-29)26-38(28(3)4)43(37)47-41-17-11-10-16-40(41)46-45(47)31-19-23-42-39(24-31)36-22-21-34-33-15-9-8-14-30(33)18-20-35(34)44(36)48-42;1-15-8-10-16(11-9-15)19-12-17(13-20(2,3)4)18(14-22-19)21(5,6)7;/h5-18,20-28H,1-4H3;8-10,12,14H,13H2,1-7H3;/q2*-1;/i;1D3,13D2;. The van der Waals surface area contributed by atoms with Gasteiger partial charge in [-0.25, -0.2) is 0 Å². The third kappa shape index (κ3) is 10.1. The monoisotopic (exact) mass is 1190 g/mol. The van der Waals surface area contributed by atoms with Crippen LogP contribution in [0.1, 0.15) is 89.4 Å². The molecule has 71 heavy (non-hydrogen) atoms. The van der Waals surface area contributed by atoms with Crippen LogP contribution in [-0.4, -0.2) is 27.8 Å². The van der Waals surface area contributed by atoms with Gasteiger partial charge in [-0.1, -0.05) is 124 Å². The molecule has 0 unspecified atom stereocenters. The molecular formula is C65H63GeIrN3S-2. The second-order valence-corrected chi connectivity index (χ2v) is 32.8. The summed E-state index contributed by atoms with van der Waals surface area (Å²) in [6.07, 6.45) is 0.303. The minimum Gasteiger partial charge on any atom is 0 e. The molecule has 0 bridgehead atoms. The van der Waals surface area contributed by atoms with Crippen LogP contribution in [0, 0.1) is 24.4 Å². The van der Waals surface area contributed by atoms with Gasteiger partial charge in [0.2, 0.25) is 0 Å². The van der Waals surface area contributed by atoms with Crippen molar-refractivity contribution >= 4 is 81.7 Å². The van der Waals surface area contributed by atoms with Gasteiger partial charge in [0.1, 0.15) is 0 Å². The molecule has 11 aromatic rings. The van der Waals surface area contributed by atoms with Crippen LogP contribution in [0.5, 0.6) is 0 Å². The molecule has 6 heteroatoms. The normalized spacial score (nSPS) is 13.5. The molecule has 3 heterocycles. The molecule has 0 aliphatic carbocycles. The summed E-state index contributed by atoms with van der Waals surface area (Å²) >= 11 is -0.493. The largest absolute Gasteiger partial charge is 0 e. The van der Waals surface area contributed by atoms with Crippen molar-refractivity contribution in [1.82, 2.24) is 14.5 Å². The second-order valence-electron chi connectivity index (χ2n) is 21.2. The Morgan fingerprint density at radius 2 is 1.34 bits per heavy atom. The molecular weight excluding hydrogens is 1120 g/mol. The van der Waals surface area contributed by atoms with Crippen molar-refractivity contribution in [2.75, 3.05) is 0 Å². The number of aromatic nitrogens is 3. The van der Waals surface area contributed by atoms with Gasteiger partial charge in [0.25, 0.3) is 0 Å². The Bertz CT molecular complexity index is 3910. The maximum atomic E-state index is 8.80. The van der Waals surface area contributed by atoms with Gasteiger partial charge < -0.3 is 4.57 Å². The predicted molar refractivity (Wildman–Crippen MR) is 306 cm³/mol. The Labute approximate surface area is 448 Å². The van der Waals surface area contributed by atoms with Crippen molar-refractivity contribution < 1.29 is 27.0 Å². The number of para-hydroxylation sites is 2. The van der Waals surface area contributed by atoms with Gasteiger partial charge in [0, 0.05) is 30.5 Å². The van der Waals surface area contributed by atoms with E-state index < -0.39 is 31.9 Å². The number of fused-ring (bicyclic) bond motifs is 8. The number of thiophene rings is 1. The Balaban J connectivity index is 0.000000216. The molecule has 0 N–H and O–H groups in total. The predicted octanol–water partition coefficient (Wildman–Crippen LogP) is 18.1. The fourth-order valence-electron chi connectivity index (χ4n) is 9.74. The second kappa shape index (κ2) is 20.1. The van der Waals surface area contributed by atoms with Crippen molar-refractivity contribution in [2.45, 2.75) is 90.8 Å². The molecule has 0 fully saturated rings. The number of pyridine rings is 1. The Morgan fingerprint density at radius 1 is 0.676 bits per heavy atom. The van der Waals surface area contributed by atoms with Crippen LogP contribution < -0.4 is 4.40 Å². The van der Waals surface area contributed by atoms with Crippen LogP contribution in [0.25, 0.3) is 92.2 Å². The summed E-state index contributed by atoms with van der Waals surface area (Å²) in [6.45, 7) is 12.8. The first-order valence-electron chi connectivity index (χ1n) is 26.9. The molecule has 0 atom stereocenters. The Morgan fingerprint density at radius 3 is 2.03 bits per heavy atom. The summed E-state index contributed by atoms with van der Waals surface area (Å²) in [6, 6.07) is 59.7. The van der Waals surface area contributed by atoms with Gasteiger partial charge in [0.05, 0.1) is 16.9 Å². The number of imidazole rings is 1. The molecule has 1 radical (unpaired) electrons. The zero-order chi connectivity index (χ0) is 53.4. The van der Waals surface area contributed by atoms with E-state index in [4.69, 9.17) is 11.8 Å². The first-order valence-corrected chi connectivity index (χ1v) is 32.6. The van der Waals surface area contributed by atoms with Crippen LogP contribution in [0.2, 0.25) is 17.3 Å². The third-order valence-electron chi connectivity index (χ3n) is 13.1. The van der Waals surface area contributed by atoms with Gasteiger partial charge in [0.15, 0.2) is 0 Å². The van der Waals surface area contributed by atoms with Gasteiger partial charge in [-0.15, -0.1) is 23.8 Å². The maximum Gasteiger partial charge on any atom is 0 e. The molecule has 0 saturated heterocycles. The van der Waals surface area contributed by atoms with Gasteiger partial charge in [-0.3, -0.25) is 4.98 Å². The van der Waals surface area contributed by atoms with E-state index in [2.05, 4.69) is 194 Å². The van der Waals surface area contributed by atoms with Crippen molar-refractivity contribution in [1.29, 1.82) is 0 Å². The number of rotatable bonds is 8. The zero-order valence-electron chi connectivity index (χ0n) is 47.2. The number of nitrogens with zero attached hydrogens (tertiary/aromatic N) is 3. The topological polar surface area (TPSA) is 30.7 Å². The molecule has 0 saturated carbocycles. The van der Waals surface area contributed by atoms with E-state index in [0.717, 1.165) is 26.8 Å². The average Bonchev–Trinajstić information content (AvgIpc) is 4.00. The minimum absolute atomic E-state index is 0. The van der Waals surface area contributed by atoms with Crippen LogP contribution >= 0.6 is 11.3 Å². The van der Waals surface area contributed by atoms with Crippen LogP contribution in [-0.2, 0) is 26.5 Å². The fraction of sp³-hybridized carbons (Fsp3) is 0.231. The molecule has 8 aromatic carbocycles. The van der Waals surface area contributed by atoms with E-state index in [0.29, 0.717) is 28.7 Å². The van der Waals surface area contributed by atoms with Crippen LogP contribution in [0.15, 0.2) is 158 Å². The molecule has 0 aliphatic rings. The molecule has 11 rings (SSSR count). The van der Waals surface area contributed by atoms with E-state index in [1.54, 1.807) is 12.1 Å². The minimum atomic E-state index is -2.36. The summed E-state index contributed by atoms with van der Waals surface area (Å²) in [4.78, 5) is 9.90. The molecule has 0 spiro atoms. The molecule has 3 aromatic heterocycles. The molecule has 359 valence electrons. The summed E-state index contributed by atoms with van der Waals surface area (Å²) in [5.74, 6) is 8.25. The van der Waals surface area contributed by atoms with E-state index in [9.17, 15) is 0 Å². The first-order chi connectivity index (χ1) is 35.5. The first kappa shape index (κ1) is 44.0. The van der Waals surface area contributed by atoms with Gasteiger partial charge >= 0.3 is 145 Å². The van der Waals surface area contributed by atoms with Crippen molar-refractivity contribution in [3.8, 4) is 39.5 Å². The number of hydrogen-bond donors (Lipinski definition) is 0. The Kier molecular flexibility index (Phi) is 12.5. The van der Waals surface area contributed by atoms with E-state index in [1.807, 2.05) is 44.4 Å². The van der Waals surface area contributed by atoms with Crippen LogP contribution in [0.4, 0.5) is 0 Å². The van der Waals surface area contributed by atoms with E-state index in [1.165, 1.54) is 75.7 Å². The summed E-state index contributed by atoms with van der Waals surface area (Å²) < 4.78 is 46.1. The smallest absolute Gasteiger partial charge is 0 e. The van der Waals surface area contributed by atoms with Crippen molar-refractivity contribution in [3.63, 3.8) is 0 Å². The molecule has 0 aliphatic heterocycles. The van der Waals surface area contributed by atoms with Gasteiger partial charge in [-0.05, 0) is 90.0 Å². The summed E-state index contributed by atoms with van der Waals surface area (Å²) in [5.41, 5.74) is 11.2. The zero-order valence-corrected chi connectivity index (χ0v) is 47.6. The maximum absolute atomic E-state index is 8.80. The molecule has 3 nitrogen and oxygen atoms in total. The summed E-state index contributed by atoms with van der Waals surface area (Å²) in [7, 11) is 0. The number of hydrogen-bond acceptors (Lipinski definition) is 3. The van der Waals surface area contributed by atoms with Crippen molar-refractivity contribution in [2.24, 2.45) is 5.41 Å². The van der Waals surface area contributed by atoms with E-state index >= 15 is 0 Å². The third-order valence-corrected chi connectivity index (χ3v) is 18.6. The van der Waals surface area contributed by atoms with Crippen LogP contribution in [0.3, 0.4) is 0 Å². The fourth-order valence-corrected chi connectivity index (χ4v) is 13.9. The average molecular weight is 1190 g/mol. The van der Waals surface area contributed by atoms with Crippen molar-refractivity contribution in [3.05, 3.63) is 192 Å². The number of benzene rings is 8. The summed E-state index contributed by atoms with van der Waals surface area (Å²) in [5, 5.41) is 7.73. The van der Waals surface area contributed by atoms with Gasteiger partial charge in [-0.2, -0.15) is 11.3 Å². The SMILES string of the molecule is CC(C)c1cc(-c2ccccc2)cc(C(C)C)c1-n1c(-c2[c-]cc3sc4c(ccc5c6ccccc6ccc54)c3c2)nc2ccccc21.[2H]C([2H])([2H])c1c[c-]c(-c2cc(C([2H])([2H])C(C)(C)C)[c]([Ge]([CH3])([CH3])[CH3])cn2)cc1.[Ir]. The molecule has 0 amide bonds. The Hall–Kier alpha value is -5.69. The number of aryl methyl sites for hydroxylation is 1. The van der Waals surface area contributed by atoms with E-state index in [-0.39, 0.29) is 25.7 Å². The quantitative estimate of drug-likeness (QED) is 0.0862.